The van der Waals surface area contributed by atoms with Crippen molar-refractivity contribution in [3.8, 4) is 12.0 Å². The fraction of sp³-hybridized carbons (Fsp3) is 0.714. The van der Waals surface area contributed by atoms with E-state index in [1.165, 1.54) is 0 Å². The summed E-state index contributed by atoms with van der Waals surface area (Å²) < 4.78 is 76.3. The summed E-state index contributed by atoms with van der Waals surface area (Å²) in [4.78, 5) is 0. The van der Waals surface area contributed by atoms with Crippen molar-refractivity contribution in [2.24, 2.45) is 5.73 Å². The average molecular weight is 235 g/mol. The Morgan fingerprint density at radius 2 is 1.47 bits per heavy atom. The highest BCUT2D eigenvalue weighted by atomic mass is 19.4. The molecule has 0 aliphatic heterocycles. The molecule has 0 bridgehead atoms. The van der Waals surface area contributed by atoms with E-state index in [-0.39, 0.29) is 6.92 Å². The molecular weight excluding hydrogens is 228 g/mol. The molecule has 0 fully saturated rings. The Bertz CT molecular complexity index is 256. The quantitative estimate of drug-likeness (QED) is 0.450. The van der Waals surface area contributed by atoms with E-state index in [2.05, 4.69) is 10.5 Å². The predicted molar refractivity (Wildman–Crippen MR) is 38.4 cm³/mol. The van der Waals surface area contributed by atoms with Gasteiger partial charge in [0.15, 0.2) is 0 Å². The lowest BCUT2D eigenvalue weighted by Crippen LogP contribution is -2.56. The first-order valence-corrected chi connectivity index (χ1v) is 3.52. The largest absolute Gasteiger partial charge is 0.426 e. The number of hydrogen-bond donors (Lipinski definition) is 1. The van der Waals surface area contributed by atoms with Gasteiger partial charge in [-0.15, -0.1) is 0 Å². The Labute approximate surface area is 81.4 Å². The summed E-state index contributed by atoms with van der Waals surface area (Å²) >= 11 is 0. The zero-order valence-electron chi connectivity index (χ0n) is 7.46. The summed E-state index contributed by atoms with van der Waals surface area (Å²) in [7, 11) is 0. The van der Waals surface area contributed by atoms with E-state index in [0.29, 0.717) is 0 Å². The third-order valence-corrected chi connectivity index (χ3v) is 1.62. The molecular formula is C7H7F6NO. The smallest absolute Gasteiger partial charge is 0.359 e. The van der Waals surface area contributed by atoms with Crippen LogP contribution < -0.4 is 5.73 Å². The van der Waals surface area contributed by atoms with E-state index in [4.69, 9.17) is 0 Å². The SMILES string of the molecule is CC(OCC#CN)(C(F)(F)F)C(F)(F)F. The van der Waals surface area contributed by atoms with Gasteiger partial charge in [-0.1, -0.05) is 5.92 Å². The van der Waals surface area contributed by atoms with Crippen LogP contribution in [-0.4, -0.2) is 24.6 Å². The number of halogens is 6. The minimum absolute atomic E-state index is 0.106. The van der Waals surface area contributed by atoms with E-state index >= 15 is 0 Å². The average Bonchev–Trinajstić information content (AvgIpc) is 2.00. The number of hydrogen-bond acceptors (Lipinski definition) is 2. The van der Waals surface area contributed by atoms with Crippen molar-refractivity contribution >= 4 is 0 Å². The molecule has 2 nitrogen and oxygen atoms in total. The Hall–Kier alpha value is -1.10. The third kappa shape index (κ3) is 2.92. The van der Waals surface area contributed by atoms with E-state index in [1.807, 2.05) is 0 Å². The van der Waals surface area contributed by atoms with Gasteiger partial charge in [0.05, 0.1) is 0 Å². The van der Waals surface area contributed by atoms with Crippen LogP contribution >= 0.6 is 0 Å². The summed E-state index contributed by atoms with van der Waals surface area (Å²) in [6.07, 6.45) is -11.1. The second-order valence-corrected chi connectivity index (χ2v) is 2.64. The van der Waals surface area contributed by atoms with Crippen LogP contribution in [0, 0.1) is 12.0 Å². The first kappa shape index (κ1) is 13.9. The molecule has 15 heavy (non-hydrogen) atoms. The van der Waals surface area contributed by atoms with Gasteiger partial charge < -0.3 is 10.5 Å². The van der Waals surface area contributed by atoms with E-state index < -0.39 is 24.6 Å². The predicted octanol–water partition coefficient (Wildman–Crippen LogP) is 1.81. The van der Waals surface area contributed by atoms with Crippen LogP contribution in [0.1, 0.15) is 6.92 Å². The molecule has 0 aliphatic carbocycles. The van der Waals surface area contributed by atoms with E-state index in [0.717, 1.165) is 0 Å². The molecule has 0 saturated carbocycles. The fourth-order valence-electron chi connectivity index (χ4n) is 0.546. The van der Waals surface area contributed by atoms with Gasteiger partial charge in [-0.2, -0.15) is 26.3 Å². The van der Waals surface area contributed by atoms with Crippen molar-refractivity contribution in [2.75, 3.05) is 6.61 Å². The van der Waals surface area contributed by atoms with Crippen molar-refractivity contribution < 1.29 is 31.1 Å². The van der Waals surface area contributed by atoms with Crippen LogP contribution in [0.3, 0.4) is 0 Å². The minimum Gasteiger partial charge on any atom is -0.359 e. The molecule has 88 valence electrons. The van der Waals surface area contributed by atoms with Gasteiger partial charge in [-0.3, -0.25) is 0 Å². The van der Waals surface area contributed by atoms with Crippen LogP contribution in [-0.2, 0) is 4.74 Å². The van der Waals surface area contributed by atoms with Crippen molar-refractivity contribution in [2.45, 2.75) is 24.9 Å². The number of alkyl halides is 6. The standard InChI is InChI=1S/C7H7F6NO/c1-5(6(8,9)10,7(11,12)13)15-4-2-3-14/h4,14H2,1H3. The summed E-state index contributed by atoms with van der Waals surface area (Å²) in [6, 6.07) is 1.63. The molecule has 2 N–H and O–H groups in total. The summed E-state index contributed by atoms with van der Waals surface area (Å²) in [5, 5.41) is 0. The fourth-order valence-corrected chi connectivity index (χ4v) is 0.546. The maximum absolute atomic E-state index is 12.1. The molecule has 0 unspecified atom stereocenters. The summed E-state index contributed by atoms with van der Waals surface area (Å²) in [5.41, 5.74) is 0.340. The molecule has 0 aromatic rings. The molecule has 0 amide bonds. The summed E-state index contributed by atoms with van der Waals surface area (Å²) in [5.74, 6) is 1.75. The first-order chi connectivity index (χ1) is 6.56. The van der Waals surface area contributed by atoms with Gasteiger partial charge in [0.1, 0.15) is 6.61 Å². The molecule has 0 radical (unpaired) electrons. The van der Waals surface area contributed by atoms with Gasteiger partial charge in [0, 0.05) is 6.04 Å². The zero-order valence-corrected chi connectivity index (χ0v) is 7.46. The Kier molecular flexibility index (Phi) is 3.88. The van der Waals surface area contributed by atoms with E-state index in [1.54, 1.807) is 12.0 Å². The van der Waals surface area contributed by atoms with Crippen LogP contribution in [0.4, 0.5) is 26.3 Å². The van der Waals surface area contributed by atoms with Gasteiger partial charge in [-0.25, -0.2) is 0 Å². The lowest BCUT2D eigenvalue weighted by molar-refractivity contribution is -0.371. The second kappa shape index (κ2) is 4.18. The molecule has 0 rings (SSSR count). The lowest BCUT2D eigenvalue weighted by atomic mass is 10.1. The van der Waals surface area contributed by atoms with Crippen molar-refractivity contribution in [3.05, 3.63) is 0 Å². The number of rotatable bonds is 2. The highest BCUT2D eigenvalue weighted by Gasteiger charge is 2.69. The van der Waals surface area contributed by atoms with Crippen LogP contribution in [0.25, 0.3) is 0 Å². The molecule has 0 heterocycles. The van der Waals surface area contributed by atoms with Crippen molar-refractivity contribution in [3.63, 3.8) is 0 Å². The topological polar surface area (TPSA) is 35.2 Å². The molecule has 0 aromatic heterocycles. The van der Waals surface area contributed by atoms with Crippen LogP contribution in [0.15, 0.2) is 0 Å². The first-order valence-electron chi connectivity index (χ1n) is 3.52. The number of nitrogens with two attached hydrogens (primary N) is 1. The van der Waals surface area contributed by atoms with Gasteiger partial charge in [0.2, 0.25) is 0 Å². The summed E-state index contributed by atoms with van der Waals surface area (Å²) in [6.45, 7) is -1.16. The molecule has 0 atom stereocenters. The van der Waals surface area contributed by atoms with Crippen molar-refractivity contribution in [1.29, 1.82) is 0 Å². The molecule has 0 saturated heterocycles. The van der Waals surface area contributed by atoms with Crippen LogP contribution in [0.5, 0.6) is 0 Å². The highest BCUT2D eigenvalue weighted by molar-refractivity contribution is 4.98. The second-order valence-electron chi connectivity index (χ2n) is 2.64. The zero-order chi connectivity index (χ0) is 12.3. The van der Waals surface area contributed by atoms with Crippen LogP contribution in [0.2, 0.25) is 0 Å². The van der Waals surface area contributed by atoms with Gasteiger partial charge in [-0.05, 0) is 6.92 Å². The van der Waals surface area contributed by atoms with Gasteiger partial charge in [0.25, 0.3) is 5.60 Å². The Balaban J connectivity index is 4.94. The van der Waals surface area contributed by atoms with E-state index in [9.17, 15) is 26.3 Å². The molecule has 0 aliphatic rings. The molecule has 8 heteroatoms. The van der Waals surface area contributed by atoms with Gasteiger partial charge >= 0.3 is 12.4 Å². The molecule has 0 aromatic carbocycles. The normalized spacial score (nSPS) is 13.3. The monoisotopic (exact) mass is 235 g/mol. The third-order valence-electron chi connectivity index (χ3n) is 1.62. The number of ether oxygens (including phenoxy) is 1. The Morgan fingerprint density at radius 1 is 1.07 bits per heavy atom. The maximum atomic E-state index is 12.1. The molecule has 0 spiro atoms. The lowest BCUT2D eigenvalue weighted by Gasteiger charge is -2.32. The Morgan fingerprint density at radius 3 is 1.73 bits per heavy atom. The highest BCUT2D eigenvalue weighted by Crippen LogP contribution is 2.45. The maximum Gasteiger partial charge on any atom is 0.426 e. The minimum atomic E-state index is -5.57. The van der Waals surface area contributed by atoms with Crippen molar-refractivity contribution in [1.82, 2.24) is 0 Å².